The predicted octanol–water partition coefficient (Wildman–Crippen LogP) is 1.53. The van der Waals surface area contributed by atoms with Crippen LogP contribution in [0.4, 0.5) is 4.39 Å². The first-order chi connectivity index (χ1) is 10.3. The summed E-state index contributed by atoms with van der Waals surface area (Å²) < 4.78 is 45.7. The Morgan fingerprint density at radius 2 is 2.18 bits per heavy atom. The molecule has 0 spiro atoms. The second-order valence-corrected chi connectivity index (χ2v) is 6.62. The number of aliphatic carboxylic acids is 1. The quantitative estimate of drug-likeness (QED) is 0.799. The molecule has 0 saturated carbocycles. The largest absolute Gasteiger partial charge is 0.494 e. The van der Waals surface area contributed by atoms with Gasteiger partial charge < -0.3 is 9.84 Å². The molecule has 0 radical (unpaired) electrons. The van der Waals surface area contributed by atoms with Crippen LogP contribution in [0.2, 0.25) is 0 Å². The van der Waals surface area contributed by atoms with E-state index in [2.05, 4.69) is 4.72 Å². The lowest BCUT2D eigenvalue weighted by Crippen LogP contribution is -2.38. The summed E-state index contributed by atoms with van der Waals surface area (Å²) in [5.74, 6) is -2.80. The van der Waals surface area contributed by atoms with Crippen LogP contribution >= 0.6 is 0 Å². The number of hydrogen-bond donors (Lipinski definition) is 2. The number of allylic oxidation sites excluding steroid dienone is 1. The molecule has 8 heteroatoms. The molecule has 0 bridgehead atoms. The fourth-order valence-electron chi connectivity index (χ4n) is 2.30. The normalized spacial score (nSPS) is 21.5. The van der Waals surface area contributed by atoms with Crippen molar-refractivity contribution in [1.82, 2.24) is 4.72 Å². The van der Waals surface area contributed by atoms with Gasteiger partial charge in [-0.25, -0.2) is 17.5 Å². The molecule has 2 N–H and O–H groups in total. The van der Waals surface area contributed by atoms with Gasteiger partial charge in [-0.05, 0) is 25.0 Å². The molecule has 120 valence electrons. The standard InChI is InChI=1S/C14H16FNO5S/c1-21-11-6-3-7-12(13(11)15)22(19,20)16-10-5-2-4-9(8-10)14(17)18/h2-3,5-7,9-10,16H,4,8H2,1H3,(H,17,18)/t9-,10-/m0/s1. The first kappa shape index (κ1) is 16.4. The zero-order valence-corrected chi connectivity index (χ0v) is 12.6. The summed E-state index contributed by atoms with van der Waals surface area (Å²) in [5.41, 5.74) is 0. The van der Waals surface area contributed by atoms with E-state index in [9.17, 15) is 17.6 Å². The van der Waals surface area contributed by atoms with E-state index in [1.165, 1.54) is 19.2 Å². The third kappa shape index (κ3) is 3.45. The number of sulfonamides is 1. The fraction of sp³-hybridized carbons (Fsp3) is 0.357. The van der Waals surface area contributed by atoms with Gasteiger partial charge in [-0.15, -0.1) is 0 Å². The van der Waals surface area contributed by atoms with Crippen LogP contribution in [0.5, 0.6) is 5.75 Å². The molecule has 1 aromatic rings. The van der Waals surface area contributed by atoms with Gasteiger partial charge in [0, 0.05) is 6.04 Å². The maximum Gasteiger partial charge on any atom is 0.306 e. The maximum atomic E-state index is 14.1. The number of methoxy groups -OCH3 is 1. The van der Waals surface area contributed by atoms with Crippen LogP contribution in [0.3, 0.4) is 0 Å². The minimum absolute atomic E-state index is 0.122. The first-order valence-electron chi connectivity index (χ1n) is 6.59. The Morgan fingerprint density at radius 3 is 2.82 bits per heavy atom. The van der Waals surface area contributed by atoms with Crippen LogP contribution in [0, 0.1) is 11.7 Å². The predicted molar refractivity (Wildman–Crippen MR) is 76.6 cm³/mol. The zero-order valence-electron chi connectivity index (χ0n) is 11.8. The lowest BCUT2D eigenvalue weighted by Gasteiger charge is -2.22. The van der Waals surface area contributed by atoms with Crippen molar-refractivity contribution in [3.8, 4) is 5.75 Å². The van der Waals surface area contributed by atoms with E-state index < -0.39 is 38.7 Å². The van der Waals surface area contributed by atoms with Gasteiger partial charge >= 0.3 is 5.97 Å². The third-order valence-corrected chi connectivity index (χ3v) is 4.93. The van der Waals surface area contributed by atoms with Gasteiger partial charge in [-0.2, -0.15) is 0 Å². The van der Waals surface area contributed by atoms with Crippen molar-refractivity contribution in [2.24, 2.45) is 5.92 Å². The Kier molecular flexibility index (Phi) is 4.82. The molecule has 0 aliphatic heterocycles. The topological polar surface area (TPSA) is 92.7 Å². The van der Waals surface area contributed by atoms with Crippen LogP contribution < -0.4 is 9.46 Å². The summed E-state index contributed by atoms with van der Waals surface area (Å²) in [7, 11) is -2.88. The summed E-state index contributed by atoms with van der Waals surface area (Å²) in [4.78, 5) is 10.5. The van der Waals surface area contributed by atoms with Gasteiger partial charge in [0.2, 0.25) is 10.0 Å². The number of halogens is 1. The van der Waals surface area contributed by atoms with Crippen molar-refractivity contribution < 1.29 is 27.4 Å². The lowest BCUT2D eigenvalue weighted by atomic mass is 9.92. The van der Waals surface area contributed by atoms with Crippen LogP contribution in [0.1, 0.15) is 12.8 Å². The molecule has 1 aliphatic rings. The van der Waals surface area contributed by atoms with Gasteiger partial charge in [0.15, 0.2) is 11.6 Å². The molecule has 0 fully saturated rings. The van der Waals surface area contributed by atoms with E-state index >= 15 is 0 Å². The number of rotatable bonds is 5. The number of nitrogens with one attached hydrogen (secondary N) is 1. The lowest BCUT2D eigenvalue weighted by molar-refractivity contribution is -0.142. The molecule has 1 aromatic carbocycles. The molecule has 0 saturated heterocycles. The highest BCUT2D eigenvalue weighted by Gasteiger charge is 2.29. The molecule has 22 heavy (non-hydrogen) atoms. The molecular weight excluding hydrogens is 313 g/mol. The molecule has 2 atom stereocenters. The number of carboxylic acids is 1. The van der Waals surface area contributed by atoms with Crippen LogP contribution in [-0.4, -0.2) is 32.6 Å². The number of hydrogen-bond acceptors (Lipinski definition) is 4. The second kappa shape index (κ2) is 6.45. The van der Waals surface area contributed by atoms with Crippen LogP contribution in [0.15, 0.2) is 35.2 Å². The Morgan fingerprint density at radius 1 is 1.45 bits per heavy atom. The molecule has 0 amide bonds. The molecule has 0 heterocycles. The van der Waals surface area contributed by atoms with Crippen molar-refractivity contribution >= 4 is 16.0 Å². The van der Waals surface area contributed by atoms with E-state index in [1.807, 2.05) is 0 Å². The van der Waals surface area contributed by atoms with E-state index in [-0.39, 0.29) is 12.2 Å². The molecule has 0 unspecified atom stereocenters. The van der Waals surface area contributed by atoms with Gasteiger partial charge in [0.1, 0.15) is 4.90 Å². The summed E-state index contributed by atoms with van der Waals surface area (Å²) in [6.07, 6.45) is 3.66. The highest BCUT2D eigenvalue weighted by molar-refractivity contribution is 7.89. The molecule has 0 aromatic heterocycles. The highest BCUT2D eigenvalue weighted by atomic mass is 32.2. The zero-order chi connectivity index (χ0) is 16.3. The van der Waals surface area contributed by atoms with Gasteiger partial charge in [0.25, 0.3) is 0 Å². The molecule has 1 aliphatic carbocycles. The smallest absolute Gasteiger partial charge is 0.306 e. The van der Waals surface area contributed by atoms with Crippen LogP contribution in [-0.2, 0) is 14.8 Å². The maximum absolute atomic E-state index is 14.1. The number of carbonyl (C=O) groups is 1. The van der Waals surface area contributed by atoms with E-state index in [1.54, 1.807) is 12.2 Å². The van der Waals surface area contributed by atoms with E-state index in [0.29, 0.717) is 6.42 Å². The first-order valence-corrected chi connectivity index (χ1v) is 8.07. The third-order valence-electron chi connectivity index (χ3n) is 3.42. The average molecular weight is 329 g/mol. The average Bonchev–Trinajstić information content (AvgIpc) is 2.47. The Bertz CT molecular complexity index is 701. The van der Waals surface area contributed by atoms with E-state index in [4.69, 9.17) is 9.84 Å². The summed E-state index contributed by atoms with van der Waals surface area (Å²) in [6.45, 7) is 0. The van der Waals surface area contributed by atoms with Crippen molar-refractivity contribution in [3.05, 3.63) is 36.2 Å². The van der Waals surface area contributed by atoms with Gasteiger partial charge in [-0.3, -0.25) is 4.79 Å². The molecule has 6 nitrogen and oxygen atoms in total. The summed E-state index contributed by atoms with van der Waals surface area (Å²) in [6, 6.07) is 3.12. The minimum atomic E-state index is -4.12. The van der Waals surface area contributed by atoms with Crippen LogP contribution in [0.25, 0.3) is 0 Å². The Balaban J connectivity index is 2.23. The van der Waals surface area contributed by atoms with Crippen molar-refractivity contribution in [3.63, 3.8) is 0 Å². The highest BCUT2D eigenvalue weighted by Crippen LogP contribution is 2.25. The summed E-state index contributed by atoms with van der Waals surface area (Å²) >= 11 is 0. The number of ether oxygens (including phenoxy) is 1. The van der Waals surface area contributed by atoms with Crippen molar-refractivity contribution in [1.29, 1.82) is 0 Å². The fourth-order valence-corrected chi connectivity index (χ4v) is 3.59. The van der Waals surface area contributed by atoms with Gasteiger partial charge in [-0.1, -0.05) is 18.2 Å². The second-order valence-electron chi connectivity index (χ2n) is 4.93. The molecule has 2 rings (SSSR count). The SMILES string of the molecule is COc1cccc(S(=O)(=O)N[C@H]2C=CC[C@H](C(=O)O)C2)c1F. The van der Waals surface area contributed by atoms with Gasteiger partial charge in [0.05, 0.1) is 13.0 Å². The number of benzene rings is 1. The van der Waals surface area contributed by atoms with Crippen molar-refractivity contribution in [2.75, 3.05) is 7.11 Å². The Hall–Kier alpha value is -1.93. The minimum Gasteiger partial charge on any atom is -0.494 e. The summed E-state index contributed by atoms with van der Waals surface area (Å²) in [5, 5.41) is 9.00. The molecular formula is C14H16FNO5S. The van der Waals surface area contributed by atoms with Crippen molar-refractivity contribution in [2.45, 2.75) is 23.8 Å². The van der Waals surface area contributed by atoms with E-state index in [0.717, 1.165) is 6.07 Å². The number of carboxylic acid groups (broad SMARTS) is 1. The monoisotopic (exact) mass is 329 g/mol. The Labute approximate surface area is 127 Å².